The molecule has 1 saturated heterocycles. The fourth-order valence-electron chi connectivity index (χ4n) is 3.98. The molecule has 1 fully saturated rings. The Hall–Kier alpha value is -3.52. The number of carbonyl (C=O) groups is 1. The third kappa shape index (κ3) is 6.33. The first-order valence-electron chi connectivity index (χ1n) is 11.7. The van der Waals surface area contributed by atoms with E-state index in [1.165, 1.54) is 18.2 Å². The van der Waals surface area contributed by atoms with Crippen molar-refractivity contribution in [3.8, 4) is 5.75 Å². The van der Waals surface area contributed by atoms with Crippen LogP contribution < -0.4 is 9.64 Å². The number of piperazine rings is 1. The van der Waals surface area contributed by atoms with Gasteiger partial charge in [0.15, 0.2) is 0 Å². The van der Waals surface area contributed by atoms with E-state index in [0.717, 1.165) is 38.3 Å². The first kappa shape index (κ1) is 24.6. The molecule has 2 aromatic carbocycles. The standard InChI is InChI=1S/C27H29F2N3O3/c1-19(2)35-27(33)22-5-4-12-30-26(22)32-15-13-31(14-16-32)17-20-8-10-21(11-9-20)34-18-23-24(28)6-3-7-25(23)29/h3-12,19H,13-18H2,1-2H3. The maximum absolute atomic E-state index is 13.8. The molecule has 0 atom stereocenters. The number of pyridine rings is 1. The van der Waals surface area contributed by atoms with Crippen LogP contribution in [0.25, 0.3) is 0 Å². The van der Waals surface area contributed by atoms with E-state index in [-0.39, 0.29) is 24.2 Å². The summed E-state index contributed by atoms with van der Waals surface area (Å²) in [4.78, 5) is 21.4. The minimum Gasteiger partial charge on any atom is -0.489 e. The zero-order chi connectivity index (χ0) is 24.8. The number of aromatic nitrogens is 1. The summed E-state index contributed by atoms with van der Waals surface area (Å²) in [7, 11) is 0. The molecule has 4 rings (SSSR count). The molecular weight excluding hydrogens is 452 g/mol. The van der Waals surface area contributed by atoms with E-state index in [1.54, 1.807) is 18.3 Å². The van der Waals surface area contributed by atoms with Gasteiger partial charge in [0.1, 0.15) is 35.4 Å². The van der Waals surface area contributed by atoms with Gasteiger partial charge in [-0.05, 0) is 55.8 Å². The molecule has 6 nitrogen and oxygen atoms in total. The Labute approximate surface area is 204 Å². The second kappa shape index (κ2) is 11.3. The smallest absolute Gasteiger partial charge is 0.342 e. The highest BCUT2D eigenvalue weighted by Gasteiger charge is 2.23. The molecule has 2 heterocycles. The normalized spacial score (nSPS) is 14.3. The predicted octanol–water partition coefficient (Wildman–Crippen LogP) is 4.83. The van der Waals surface area contributed by atoms with Gasteiger partial charge in [-0.15, -0.1) is 0 Å². The van der Waals surface area contributed by atoms with Gasteiger partial charge in [0, 0.05) is 38.9 Å². The molecule has 35 heavy (non-hydrogen) atoms. The quantitative estimate of drug-likeness (QED) is 0.430. The van der Waals surface area contributed by atoms with Crippen LogP contribution >= 0.6 is 0 Å². The molecule has 0 N–H and O–H groups in total. The topological polar surface area (TPSA) is 54.9 Å². The number of hydrogen-bond donors (Lipinski definition) is 0. The lowest BCUT2D eigenvalue weighted by atomic mass is 10.1. The summed E-state index contributed by atoms with van der Waals surface area (Å²) < 4.78 is 38.5. The van der Waals surface area contributed by atoms with Gasteiger partial charge in [-0.2, -0.15) is 0 Å². The van der Waals surface area contributed by atoms with Crippen molar-refractivity contribution >= 4 is 11.8 Å². The van der Waals surface area contributed by atoms with Crippen molar-refractivity contribution in [2.75, 3.05) is 31.1 Å². The summed E-state index contributed by atoms with van der Waals surface area (Å²) in [5.74, 6) is -0.376. The lowest BCUT2D eigenvalue weighted by Crippen LogP contribution is -2.46. The van der Waals surface area contributed by atoms with Gasteiger partial charge in [0.05, 0.1) is 11.7 Å². The molecule has 0 radical (unpaired) electrons. The number of rotatable bonds is 8. The Bertz CT molecular complexity index is 1130. The van der Waals surface area contributed by atoms with E-state index < -0.39 is 11.6 Å². The van der Waals surface area contributed by atoms with Gasteiger partial charge in [-0.3, -0.25) is 4.90 Å². The molecule has 0 saturated carbocycles. The van der Waals surface area contributed by atoms with Crippen LogP contribution in [0, 0.1) is 11.6 Å². The molecule has 0 unspecified atom stereocenters. The molecule has 0 amide bonds. The molecule has 1 aliphatic heterocycles. The van der Waals surface area contributed by atoms with Crippen LogP contribution in [0.4, 0.5) is 14.6 Å². The van der Waals surface area contributed by atoms with Crippen molar-refractivity contribution in [3.05, 3.63) is 89.1 Å². The van der Waals surface area contributed by atoms with Gasteiger partial charge in [0.25, 0.3) is 0 Å². The van der Waals surface area contributed by atoms with Crippen LogP contribution in [-0.4, -0.2) is 48.1 Å². The number of benzene rings is 2. The minimum absolute atomic E-state index is 0.0806. The average molecular weight is 482 g/mol. The molecule has 0 bridgehead atoms. The second-order valence-corrected chi connectivity index (χ2v) is 8.72. The summed E-state index contributed by atoms with van der Waals surface area (Å²) in [5.41, 5.74) is 1.52. The monoisotopic (exact) mass is 481 g/mol. The highest BCUT2D eigenvalue weighted by molar-refractivity contribution is 5.94. The third-order valence-electron chi connectivity index (χ3n) is 5.80. The number of nitrogens with zero attached hydrogens (tertiary/aromatic N) is 3. The van der Waals surface area contributed by atoms with Gasteiger partial charge < -0.3 is 14.4 Å². The van der Waals surface area contributed by atoms with Gasteiger partial charge >= 0.3 is 5.97 Å². The zero-order valence-electron chi connectivity index (χ0n) is 19.9. The molecule has 1 aliphatic rings. The maximum Gasteiger partial charge on any atom is 0.342 e. The number of esters is 1. The number of hydrogen-bond acceptors (Lipinski definition) is 6. The molecule has 0 aliphatic carbocycles. The first-order valence-corrected chi connectivity index (χ1v) is 11.7. The highest BCUT2D eigenvalue weighted by Crippen LogP contribution is 2.22. The Kier molecular flexibility index (Phi) is 7.92. The number of ether oxygens (including phenoxy) is 2. The van der Waals surface area contributed by atoms with Gasteiger partial charge in [-0.1, -0.05) is 18.2 Å². The van der Waals surface area contributed by atoms with Crippen molar-refractivity contribution in [1.29, 1.82) is 0 Å². The van der Waals surface area contributed by atoms with Crippen LogP contribution in [0.1, 0.15) is 35.3 Å². The van der Waals surface area contributed by atoms with Crippen molar-refractivity contribution in [2.45, 2.75) is 33.1 Å². The van der Waals surface area contributed by atoms with E-state index in [9.17, 15) is 13.6 Å². The largest absolute Gasteiger partial charge is 0.489 e. The van der Waals surface area contributed by atoms with Crippen LogP contribution in [0.2, 0.25) is 0 Å². The fourth-order valence-corrected chi connectivity index (χ4v) is 3.98. The van der Waals surface area contributed by atoms with E-state index in [0.29, 0.717) is 17.1 Å². The molecule has 0 spiro atoms. The van der Waals surface area contributed by atoms with Crippen LogP contribution in [0.15, 0.2) is 60.8 Å². The Morgan fingerprint density at radius 3 is 2.31 bits per heavy atom. The van der Waals surface area contributed by atoms with Crippen LogP contribution in [0.3, 0.4) is 0 Å². The van der Waals surface area contributed by atoms with E-state index in [2.05, 4.69) is 14.8 Å². The summed E-state index contributed by atoms with van der Waals surface area (Å²) in [5, 5.41) is 0. The van der Waals surface area contributed by atoms with Gasteiger partial charge in [0.2, 0.25) is 0 Å². The average Bonchev–Trinajstić information content (AvgIpc) is 2.85. The molecule has 8 heteroatoms. The summed E-state index contributed by atoms with van der Waals surface area (Å²) in [6.45, 7) is 7.38. The molecule has 184 valence electrons. The van der Waals surface area contributed by atoms with Crippen LogP contribution in [-0.2, 0) is 17.9 Å². The van der Waals surface area contributed by atoms with Crippen molar-refractivity contribution < 1.29 is 23.0 Å². The van der Waals surface area contributed by atoms with Crippen molar-refractivity contribution in [3.63, 3.8) is 0 Å². The number of anilines is 1. The highest BCUT2D eigenvalue weighted by atomic mass is 19.1. The summed E-state index contributed by atoms with van der Waals surface area (Å²) in [6, 6.07) is 14.8. The first-order chi connectivity index (χ1) is 16.9. The zero-order valence-corrected chi connectivity index (χ0v) is 19.9. The lowest BCUT2D eigenvalue weighted by molar-refractivity contribution is 0.0378. The number of halogens is 2. The van der Waals surface area contributed by atoms with E-state index >= 15 is 0 Å². The molecular formula is C27H29F2N3O3. The Balaban J connectivity index is 1.30. The van der Waals surface area contributed by atoms with Crippen molar-refractivity contribution in [1.82, 2.24) is 9.88 Å². The van der Waals surface area contributed by atoms with E-state index in [4.69, 9.17) is 9.47 Å². The fraction of sp³-hybridized carbons (Fsp3) is 0.333. The van der Waals surface area contributed by atoms with Crippen LogP contribution in [0.5, 0.6) is 5.75 Å². The Morgan fingerprint density at radius 1 is 0.971 bits per heavy atom. The van der Waals surface area contributed by atoms with Crippen molar-refractivity contribution in [2.24, 2.45) is 0 Å². The third-order valence-corrected chi connectivity index (χ3v) is 5.80. The van der Waals surface area contributed by atoms with E-state index in [1.807, 2.05) is 38.1 Å². The number of carbonyl (C=O) groups excluding carboxylic acids is 1. The maximum atomic E-state index is 13.8. The summed E-state index contributed by atoms with van der Waals surface area (Å²) in [6.07, 6.45) is 1.50. The lowest BCUT2D eigenvalue weighted by Gasteiger charge is -2.36. The predicted molar refractivity (Wildman–Crippen MR) is 129 cm³/mol. The van der Waals surface area contributed by atoms with Gasteiger partial charge in [-0.25, -0.2) is 18.6 Å². The minimum atomic E-state index is -0.615. The Morgan fingerprint density at radius 2 is 1.66 bits per heavy atom. The molecule has 1 aromatic heterocycles. The second-order valence-electron chi connectivity index (χ2n) is 8.72. The summed E-state index contributed by atoms with van der Waals surface area (Å²) >= 11 is 0. The molecule has 3 aromatic rings. The SMILES string of the molecule is CC(C)OC(=O)c1cccnc1N1CCN(Cc2ccc(OCc3c(F)cccc3F)cc2)CC1.